The average Bonchev–Trinajstić information content (AvgIpc) is 2.42. The molecule has 0 heterocycles. The lowest BCUT2D eigenvalue weighted by Gasteiger charge is -2.16. The summed E-state index contributed by atoms with van der Waals surface area (Å²) in [5.41, 5.74) is 3.50. The second kappa shape index (κ2) is 6.71. The number of hydrogen-bond donors (Lipinski definition) is 2. The fourth-order valence-electron chi connectivity index (χ4n) is 2.58. The van der Waals surface area contributed by atoms with E-state index in [0.29, 0.717) is 6.54 Å². The molecule has 0 bridgehead atoms. The lowest BCUT2D eigenvalue weighted by atomic mass is 9.90. The number of hydrogen-bond acceptors (Lipinski definition) is 2. The molecule has 2 rings (SSSR count). The summed E-state index contributed by atoms with van der Waals surface area (Å²) in [7, 11) is 0. The fraction of sp³-hybridized carbons (Fsp3) is 0.562. The van der Waals surface area contributed by atoms with Crippen LogP contribution >= 0.6 is 0 Å². The first kappa shape index (κ1) is 14.1. The molecule has 0 spiro atoms. The summed E-state index contributed by atoms with van der Waals surface area (Å²) in [4.78, 5) is 12.0. The van der Waals surface area contributed by atoms with Crippen molar-refractivity contribution in [1.29, 1.82) is 0 Å². The number of rotatable bonds is 5. The van der Waals surface area contributed by atoms with E-state index < -0.39 is 0 Å². The highest BCUT2D eigenvalue weighted by Crippen LogP contribution is 2.22. The molecule has 2 N–H and O–H groups in total. The Balaban J connectivity index is 1.88. The van der Waals surface area contributed by atoms with Gasteiger partial charge >= 0.3 is 0 Å². The van der Waals surface area contributed by atoms with Crippen molar-refractivity contribution in [2.75, 3.05) is 6.54 Å². The number of benzene rings is 1. The molecule has 1 amide bonds. The third-order valence-electron chi connectivity index (χ3n) is 3.69. The molecule has 1 aromatic rings. The lowest BCUT2D eigenvalue weighted by molar-refractivity contribution is 0.0949. The Hall–Kier alpha value is -1.35. The van der Waals surface area contributed by atoms with Crippen LogP contribution in [0.4, 0.5) is 0 Å². The van der Waals surface area contributed by atoms with Crippen LogP contribution in [0.2, 0.25) is 0 Å². The quantitative estimate of drug-likeness (QED) is 0.800. The van der Waals surface area contributed by atoms with Crippen molar-refractivity contribution < 1.29 is 9.90 Å². The molecule has 1 aliphatic carbocycles. The van der Waals surface area contributed by atoms with E-state index in [-0.39, 0.29) is 12.0 Å². The average molecular weight is 261 g/mol. The van der Waals surface area contributed by atoms with Crippen LogP contribution in [0.3, 0.4) is 0 Å². The van der Waals surface area contributed by atoms with Crippen molar-refractivity contribution in [3.8, 4) is 0 Å². The molecule has 1 unspecified atom stereocenters. The van der Waals surface area contributed by atoms with Crippen LogP contribution in [0.15, 0.2) is 18.2 Å². The third kappa shape index (κ3) is 4.06. The Morgan fingerprint density at radius 1 is 1.32 bits per heavy atom. The van der Waals surface area contributed by atoms with Gasteiger partial charge in [0.15, 0.2) is 0 Å². The SMILES string of the molecule is CC(O)CCCNC(=O)c1ccc2c(c1)CCCC2. The molecular weight excluding hydrogens is 238 g/mol. The molecule has 0 aromatic heterocycles. The van der Waals surface area contributed by atoms with Crippen LogP contribution in [0, 0.1) is 0 Å². The first-order valence-electron chi connectivity index (χ1n) is 7.25. The summed E-state index contributed by atoms with van der Waals surface area (Å²) in [5.74, 6) is -0.000957. The van der Waals surface area contributed by atoms with Gasteiger partial charge in [0.2, 0.25) is 0 Å². The highest BCUT2D eigenvalue weighted by Gasteiger charge is 2.12. The van der Waals surface area contributed by atoms with E-state index in [4.69, 9.17) is 5.11 Å². The van der Waals surface area contributed by atoms with Gasteiger partial charge in [-0.15, -0.1) is 0 Å². The summed E-state index contributed by atoms with van der Waals surface area (Å²) in [6.45, 7) is 2.39. The summed E-state index contributed by atoms with van der Waals surface area (Å²) in [6.07, 6.45) is 5.98. The van der Waals surface area contributed by atoms with Crippen molar-refractivity contribution in [2.24, 2.45) is 0 Å². The standard InChI is InChI=1S/C16H23NO2/c1-12(18)5-4-10-17-16(19)15-9-8-13-6-2-3-7-14(13)11-15/h8-9,11-12,18H,2-7,10H2,1H3,(H,17,19). The summed E-state index contributed by atoms with van der Waals surface area (Å²) < 4.78 is 0. The molecule has 104 valence electrons. The number of aryl methyl sites for hydroxylation is 2. The number of aliphatic hydroxyl groups excluding tert-OH is 1. The van der Waals surface area contributed by atoms with Gasteiger partial charge in [-0.05, 0) is 68.7 Å². The monoisotopic (exact) mass is 261 g/mol. The summed E-state index contributed by atoms with van der Waals surface area (Å²) in [6, 6.07) is 6.06. The summed E-state index contributed by atoms with van der Waals surface area (Å²) in [5, 5.41) is 12.1. The molecule has 3 nitrogen and oxygen atoms in total. The molecule has 0 fully saturated rings. The minimum atomic E-state index is -0.291. The van der Waals surface area contributed by atoms with E-state index >= 15 is 0 Å². The molecule has 0 saturated carbocycles. The maximum absolute atomic E-state index is 12.0. The van der Waals surface area contributed by atoms with Gasteiger partial charge in [-0.25, -0.2) is 0 Å². The number of nitrogens with one attached hydrogen (secondary N) is 1. The van der Waals surface area contributed by atoms with Crippen molar-refractivity contribution in [1.82, 2.24) is 5.32 Å². The fourth-order valence-corrected chi connectivity index (χ4v) is 2.58. The van der Waals surface area contributed by atoms with Crippen LogP contribution in [0.5, 0.6) is 0 Å². The zero-order chi connectivity index (χ0) is 13.7. The number of fused-ring (bicyclic) bond motifs is 1. The topological polar surface area (TPSA) is 49.3 Å². The van der Waals surface area contributed by atoms with E-state index in [1.807, 2.05) is 12.1 Å². The summed E-state index contributed by atoms with van der Waals surface area (Å²) >= 11 is 0. The number of carbonyl (C=O) groups is 1. The molecule has 19 heavy (non-hydrogen) atoms. The van der Waals surface area contributed by atoms with Crippen LogP contribution in [-0.2, 0) is 12.8 Å². The van der Waals surface area contributed by atoms with Gasteiger partial charge in [-0.3, -0.25) is 4.79 Å². The highest BCUT2D eigenvalue weighted by molar-refractivity contribution is 5.94. The predicted octanol–water partition coefficient (Wildman–Crippen LogP) is 2.46. The van der Waals surface area contributed by atoms with Gasteiger partial charge in [-0.1, -0.05) is 6.07 Å². The smallest absolute Gasteiger partial charge is 0.251 e. The zero-order valence-electron chi connectivity index (χ0n) is 11.6. The molecule has 1 atom stereocenters. The Morgan fingerprint density at radius 2 is 2.05 bits per heavy atom. The maximum atomic E-state index is 12.0. The molecule has 0 radical (unpaired) electrons. The zero-order valence-corrected chi connectivity index (χ0v) is 11.6. The molecular formula is C16H23NO2. The van der Waals surface area contributed by atoms with Gasteiger partial charge < -0.3 is 10.4 Å². The minimum absolute atomic E-state index is 0.000957. The lowest BCUT2D eigenvalue weighted by Crippen LogP contribution is -2.25. The highest BCUT2D eigenvalue weighted by atomic mass is 16.3. The van der Waals surface area contributed by atoms with Gasteiger partial charge in [-0.2, -0.15) is 0 Å². The van der Waals surface area contributed by atoms with E-state index in [9.17, 15) is 4.79 Å². The van der Waals surface area contributed by atoms with Crippen molar-refractivity contribution in [3.05, 3.63) is 34.9 Å². The predicted molar refractivity (Wildman–Crippen MR) is 76.3 cm³/mol. The third-order valence-corrected chi connectivity index (χ3v) is 3.69. The van der Waals surface area contributed by atoms with Crippen molar-refractivity contribution >= 4 is 5.91 Å². The van der Waals surface area contributed by atoms with E-state index in [1.165, 1.54) is 24.0 Å². The van der Waals surface area contributed by atoms with Gasteiger partial charge in [0.25, 0.3) is 5.91 Å². The van der Waals surface area contributed by atoms with E-state index in [1.54, 1.807) is 6.92 Å². The van der Waals surface area contributed by atoms with Gasteiger partial charge in [0.1, 0.15) is 0 Å². The Bertz CT molecular complexity index is 440. The van der Waals surface area contributed by atoms with Gasteiger partial charge in [0.05, 0.1) is 6.10 Å². The van der Waals surface area contributed by atoms with Crippen molar-refractivity contribution in [2.45, 2.75) is 51.6 Å². The van der Waals surface area contributed by atoms with Crippen LogP contribution in [0.25, 0.3) is 0 Å². The number of aliphatic hydroxyl groups is 1. The van der Waals surface area contributed by atoms with E-state index in [2.05, 4.69) is 11.4 Å². The Morgan fingerprint density at radius 3 is 2.79 bits per heavy atom. The largest absolute Gasteiger partial charge is 0.393 e. The molecule has 0 aliphatic heterocycles. The first-order chi connectivity index (χ1) is 9.16. The van der Waals surface area contributed by atoms with Crippen LogP contribution in [0.1, 0.15) is 54.1 Å². The number of amides is 1. The first-order valence-corrected chi connectivity index (χ1v) is 7.25. The Kier molecular flexibility index (Phi) is 4.97. The number of carbonyl (C=O) groups excluding carboxylic acids is 1. The van der Waals surface area contributed by atoms with Crippen molar-refractivity contribution in [3.63, 3.8) is 0 Å². The molecule has 3 heteroatoms. The maximum Gasteiger partial charge on any atom is 0.251 e. The van der Waals surface area contributed by atoms with Crippen LogP contribution < -0.4 is 5.32 Å². The van der Waals surface area contributed by atoms with E-state index in [0.717, 1.165) is 31.2 Å². The Labute approximate surface area is 115 Å². The molecule has 1 aliphatic rings. The van der Waals surface area contributed by atoms with Gasteiger partial charge in [0, 0.05) is 12.1 Å². The molecule has 1 aromatic carbocycles. The van der Waals surface area contributed by atoms with Crippen LogP contribution in [-0.4, -0.2) is 23.7 Å². The normalized spacial score (nSPS) is 15.7. The minimum Gasteiger partial charge on any atom is -0.393 e. The molecule has 0 saturated heterocycles. The second-order valence-corrected chi connectivity index (χ2v) is 5.44. The second-order valence-electron chi connectivity index (χ2n) is 5.44.